The predicted octanol–water partition coefficient (Wildman–Crippen LogP) is 3.14. The van der Waals surface area contributed by atoms with Crippen molar-refractivity contribution >= 4 is 11.8 Å². The number of nitrogens with one attached hydrogen (secondary N) is 1. The summed E-state index contributed by atoms with van der Waals surface area (Å²) in [4.78, 5) is 0. The van der Waals surface area contributed by atoms with Crippen LogP contribution in [0.1, 0.15) is 33.1 Å². The fourth-order valence-electron chi connectivity index (χ4n) is 2.86. The van der Waals surface area contributed by atoms with Gasteiger partial charge in [0, 0.05) is 10.5 Å². The van der Waals surface area contributed by atoms with Crippen molar-refractivity contribution in [1.82, 2.24) is 5.32 Å². The first-order valence-corrected chi connectivity index (χ1v) is 7.01. The number of hydrogen-bond acceptors (Lipinski definition) is 2. The van der Waals surface area contributed by atoms with Gasteiger partial charge >= 0.3 is 0 Å². The van der Waals surface area contributed by atoms with Gasteiger partial charge in [0.25, 0.3) is 0 Å². The van der Waals surface area contributed by atoms with E-state index in [0.29, 0.717) is 4.75 Å². The lowest BCUT2D eigenvalue weighted by molar-refractivity contribution is 0.450. The summed E-state index contributed by atoms with van der Waals surface area (Å²) in [6.07, 6.45) is 8.38. The topological polar surface area (TPSA) is 12.0 Å². The van der Waals surface area contributed by atoms with Crippen molar-refractivity contribution in [2.45, 2.75) is 37.9 Å². The van der Waals surface area contributed by atoms with Crippen LogP contribution in [0.4, 0.5) is 0 Å². The molecule has 2 aliphatic rings. The number of allylic oxidation sites excluding steroid dienone is 2. The molecule has 2 heteroatoms. The van der Waals surface area contributed by atoms with E-state index in [0.717, 1.165) is 0 Å². The lowest BCUT2D eigenvalue weighted by atomic mass is 9.85. The molecule has 0 radical (unpaired) electrons. The normalized spacial score (nSPS) is 25.7. The van der Waals surface area contributed by atoms with Crippen LogP contribution < -0.4 is 5.32 Å². The fourth-order valence-corrected chi connectivity index (χ4v) is 4.50. The van der Waals surface area contributed by atoms with Gasteiger partial charge in [0.1, 0.15) is 0 Å². The summed E-state index contributed by atoms with van der Waals surface area (Å²) in [7, 11) is 0. The van der Waals surface area contributed by atoms with Crippen LogP contribution in [0.25, 0.3) is 0 Å². The average molecular weight is 223 g/mol. The van der Waals surface area contributed by atoms with Crippen molar-refractivity contribution < 1.29 is 0 Å². The minimum Gasteiger partial charge on any atom is -0.317 e. The van der Waals surface area contributed by atoms with Gasteiger partial charge in [-0.15, -0.1) is 11.8 Å². The quantitative estimate of drug-likeness (QED) is 0.772. The maximum atomic E-state index is 3.47. The number of piperidine rings is 1. The molecule has 0 amide bonds. The molecule has 1 fully saturated rings. The van der Waals surface area contributed by atoms with E-state index in [-0.39, 0.29) is 0 Å². The van der Waals surface area contributed by atoms with E-state index >= 15 is 0 Å². The summed E-state index contributed by atoms with van der Waals surface area (Å²) in [6.45, 7) is 6.83. The third-order valence-electron chi connectivity index (χ3n) is 3.57. The van der Waals surface area contributed by atoms with Crippen LogP contribution in [0.3, 0.4) is 0 Å². The molecule has 1 nitrogen and oxygen atoms in total. The predicted molar refractivity (Wildman–Crippen MR) is 69.4 cm³/mol. The van der Waals surface area contributed by atoms with Crippen LogP contribution in [-0.4, -0.2) is 23.6 Å². The maximum Gasteiger partial charge on any atom is 0.0401 e. The zero-order valence-corrected chi connectivity index (χ0v) is 10.6. The molecule has 1 N–H and O–H groups in total. The van der Waals surface area contributed by atoms with E-state index in [4.69, 9.17) is 0 Å². The largest absolute Gasteiger partial charge is 0.317 e. The second-order valence-electron chi connectivity index (χ2n) is 4.39. The molecule has 1 saturated heterocycles. The van der Waals surface area contributed by atoms with Gasteiger partial charge in [0.05, 0.1) is 0 Å². The number of hydrogen-bond donors (Lipinski definition) is 1. The summed E-state index contributed by atoms with van der Waals surface area (Å²) in [6, 6.07) is 0. The Morgan fingerprint density at radius 3 is 2.73 bits per heavy atom. The number of thioether (sulfide) groups is 1. The van der Waals surface area contributed by atoms with Crippen LogP contribution in [0.2, 0.25) is 0 Å². The highest BCUT2D eigenvalue weighted by molar-refractivity contribution is 8.01. The highest BCUT2D eigenvalue weighted by atomic mass is 32.2. The van der Waals surface area contributed by atoms with Gasteiger partial charge in [-0.05, 0) is 44.8 Å². The Morgan fingerprint density at radius 1 is 1.40 bits per heavy atom. The molecule has 2 aliphatic heterocycles. The summed E-state index contributed by atoms with van der Waals surface area (Å²) in [5.74, 6) is 1.23. The molecule has 0 aromatic rings. The highest BCUT2D eigenvalue weighted by Gasteiger charge is 2.40. The second-order valence-corrected chi connectivity index (χ2v) is 5.75. The zero-order valence-electron chi connectivity index (χ0n) is 9.81. The van der Waals surface area contributed by atoms with Gasteiger partial charge in [-0.1, -0.05) is 24.6 Å². The highest BCUT2D eigenvalue weighted by Crippen LogP contribution is 2.49. The number of rotatable bonds is 2. The van der Waals surface area contributed by atoms with E-state index in [1.807, 2.05) is 0 Å². The minimum atomic E-state index is 0.495. The van der Waals surface area contributed by atoms with E-state index in [2.05, 4.69) is 43.1 Å². The summed E-state index contributed by atoms with van der Waals surface area (Å²) >= 11 is 2.18. The average Bonchev–Trinajstić information content (AvgIpc) is 2.58. The van der Waals surface area contributed by atoms with Gasteiger partial charge in [0.15, 0.2) is 0 Å². The molecule has 0 bridgehead atoms. The van der Waals surface area contributed by atoms with E-state index in [9.17, 15) is 0 Å². The summed E-state index contributed by atoms with van der Waals surface area (Å²) in [5, 5.41) is 3.47. The standard InChI is InChI=1S/C13H21NS/c1-3-5-11-10-15-13(12(11)4-2)6-8-14-9-7-13/h3,5,14H,4,6-10H2,1-2H3/b5-3-. The molecule has 0 aromatic carbocycles. The Hall–Kier alpha value is -0.210. The van der Waals surface area contributed by atoms with Gasteiger partial charge in [-0.2, -0.15) is 0 Å². The fraction of sp³-hybridized carbons (Fsp3) is 0.692. The molecule has 15 heavy (non-hydrogen) atoms. The first-order chi connectivity index (χ1) is 7.32. The van der Waals surface area contributed by atoms with Gasteiger partial charge in [-0.25, -0.2) is 0 Å². The SMILES string of the molecule is C/C=C\C1=C(CC)C2(CCNCC2)SC1. The van der Waals surface area contributed by atoms with Gasteiger partial charge in [-0.3, -0.25) is 0 Å². The van der Waals surface area contributed by atoms with Crippen molar-refractivity contribution in [3.8, 4) is 0 Å². The van der Waals surface area contributed by atoms with Crippen molar-refractivity contribution in [3.63, 3.8) is 0 Å². The van der Waals surface area contributed by atoms with Crippen molar-refractivity contribution in [1.29, 1.82) is 0 Å². The van der Waals surface area contributed by atoms with E-state index in [1.165, 1.54) is 38.1 Å². The lowest BCUT2D eigenvalue weighted by Crippen LogP contribution is -2.39. The summed E-state index contributed by atoms with van der Waals surface area (Å²) in [5.41, 5.74) is 3.33. The monoisotopic (exact) mass is 223 g/mol. The molecular weight excluding hydrogens is 202 g/mol. The molecule has 0 unspecified atom stereocenters. The molecule has 0 saturated carbocycles. The maximum absolute atomic E-state index is 3.47. The first kappa shape index (κ1) is 11.3. The van der Waals surface area contributed by atoms with Crippen LogP contribution in [-0.2, 0) is 0 Å². The van der Waals surface area contributed by atoms with Crippen molar-refractivity contribution in [2.75, 3.05) is 18.8 Å². The minimum absolute atomic E-state index is 0.495. The van der Waals surface area contributed by atoms with E-state index in [1.54, 1.807) is 11.1 Å². The molecule has 2 rings (SSSR count). The van der Waals surface area contributed by atoms with Gasteiger partial charge < -0.3 is 5.32 Å². The Labute approximate surface area is 97.4 Å². The van der Waals surface area contributed by atoms with Crippen LogP contribution in [0.15, 0.2) is 23.3 Å². The Morgan fingerprint density at radius 2 is 2.13 bits per heavy atom. The Kier molecular flexibility index (Phi) is 3.57. The summed E-state index contributed by atoms with van der Waals surface area (Å²) < 4.78 is 0.495. The van der Waals surface area contributed by atoms with Crippen LogP contribution in [0, 0.1) is 0 Å². The molecule has 0 aromatic heterocycles. The second kappa shape index (κ2) is 4.75. The van der Waals surface area contributed by atoms with Crippen LogP contribution in [0.5, 0.6) is 0 Å². The van der Waals surface area contributed by atoms with Crippen LogP contribution >= 0.6 is 11.8 Å². The van der Waals surface area contributed by atoms with Crippen molar-refractivity contribution in [2.24, 2.45) is 0 Å². The Bertz CT molecular complexity index is 285. The van der Waals surface area contributed by atoms with Crippen molar-refractivity contribution in [3.05, 3.63) is 23.3 Å². The third kappa shape index (κ3) is 2.02. The lowest BCUT2D eigenvalue weighted by Gasteiger charge is -2.35. The molecular formula is C13H21NS. The van der Waals surface area contributed by atoms with E-state index < -0.39 is 0 Å². The zero-order chi connectivity index (χ0) is 10.7. The molecule has 1 spiro atoms. The smallest absolute Gasteiger partial charge is 0.0401 e. The molecule has 0 atom stereocenters. The molecule has 0 aliphatic carbocycles. The first-order valence-electron chi connectivity index (χ1n) is 6.02. The molecule has 84 valence electrons. The molecule has 2 heterocycles. The van der Waals surface area contributed by atoms with Gasteiger partial charge in [0.2, 0.25) is 0 Å². The Balaban J connectivity index is 2.26. The third-order valence-corrected chi connectivity index (χ3v) is 5.24.